The predicted octanol–water partition coefficient (Wildman–Crippen LogP) is -2.54. The number of aliphatic hydroxyl groups excluding tert-OH is 5. The first-order valence-corrected chi connectivity index (χ1v) is 4.44. The van der Waals surface area contributed by atoms with Crippen LogP contribution in [0.5, 0.6) is 0 Å². The summed E-state index contributed by atoms with van der Waals surface area (Å²) in [5.74, 6) is 0. The van der Waals surface area contributed by atoms with Crippen molar-refractivity contribution in [1.82, 2.24) is 0 Å². The summed E-state index contributed by atoms with van der Waals surface area (Å²) >= 11 is 0. The summed E-state index contributed by atoms with van der Waals surface area (Å²) in [5.41, 5.74) is 0. The molecular weight excluding hydrogens is 192 g/mol. The van der Waals surface area contributed by atoms with E-state index in [1.165, 1.54) is 0 Å². The second-order valence-electron chi connectivity index (χ2n) is 3.05. The third-order valence-electron chi connectivity index (χ3n) is 1.68. The summed E-state index contributed by atoms with van der Waals surface area (Å²) in [5, 5.41) is 43.7. The molecule has 0 amide bonds. The average molecular weight is 210 g/mol. The molecule has 0 radical (unpaired) electrons. The molecule has 3 atom stereocenters. The van der Waals surface area contributed by atoms with E-state index in [0.717, 1.165) is 0 Å². The lowest BCUT2D eigenvalue weighted by Crippen LogP contribution is -2.30. The van der Waals surface area contributed by atoms with Crippen molar-refractivity contribution >= 4 is 0 Å². The lowest BCUT2D eigenvalue weighted by atomic mass is 10.2. The van der Waals surface area contributed by atoms with E-state index in [-0.39, 0.29) is 19.6 Å². The summed E-state index contributed by atoms with van der Waals surface area (Å²) in [6.45, 7) is -1.24. The zero-order valence-electron chi connectivity index (χ0n) is 7.91. The maximum Gasteiger partial charge on any atom is 0.100 e. The van der Waals surface area contributed by atoms with E-state index in [9.17, 15) is 0 Å². The molecule has 3 unspecified atom stereocenters. The van der Waals surface area contributed by atoms with Gasteiger partial charge in [-0.05, 0) is 0 Å². The Hall–Kier alpha value is -0.240. The topological polar surface area (TPSA) is 110 Å². The highest BCUT2D eigenvalue weighted by atomic mass is 16.5. The van der Waals surface area contributed by atoms with E-state index in [0.29, 0.717) is 0 Å². The SMILES string of the molecule is OCC(O)COC(CO)CC(O)CO. The fraction of sp³-hybridized carbons (Fsp3) is 1.00. The zero-order valence-corrected chi connectivity index (χ0v) is 7.91. The lowest BCUT2D eigenvalue weighted by Gasteiger charge is -2.19. The molecule has 0 saturated carbocycles. The molecule has 14 heavy (non-hydrogen) atoms. The van der Waals surface area contributed by atoms with Gasteiger partial charge in [0.1, 0.15) is 6.10 Å². The molecule has 0 aromatic carbocycles. The maximum absolute atomic E-state index is 9.03. The first-order valence-electron chi connectivity index (χ1n) is 4.44. The molecule has 5 N–H and O–H groups in total. The molecule has 0 spiro atoms. The van der Waals surface area contributed by atoms with E-state index in [2.05, 4.69) is 0 Å². The average Bonchev–Trinajstić information content (AvgIpc) is 2.22. The van der Waals surface area contributed by atoms with Crippen LogP contribution < -0.4 is 0 Å². The van der Waals surface area contributed by atoms with Gasteiger partial charge in [0.05, 0.1) is 38.6 Å². The van der Waals surface area contributed by atoms with Gasteiger partial charge in [0.2, 0.25) is 0 Å². The molecule has 0 fully saturated rings. The summed E-state index contributed by atoms with van der Waals surface area (Å²) in [6.07, 6.45) is -2.49. The highest BCUT2D eigenvalue weighted by Crippen LogP contribution is 2.03. The molecule has 0 saturated heterocycles. The van der Waals surface area contributed by atoms with Crippen LogP contribution in [0.3, 0.4) is 0 Å². The summed E-state index contributed by atoms with van der Waals surface area (Å²) in [4.78, 5) is 0. The van der Waals surface area contributed by atoms with Gasteiger partial charge in [-0.15, -0.1) is 0 Å². The minimum Gasteiger partial charge on any atom is -0.394 e. The van der Waals surface area contributed by atoms with Crippen molar-refractivity contribution in [3.63, 3.8) is 0 Å². The van der Waals surface area contributed by atoms with E-state index in [4.69, 9.17) is 30.3 Å². The number of aliphatic hydroxyl groups is 5. The number of hydrogen-bond donors (Lipinski definition) is 5. The van der Waals surface area contributed by atoms with Crippen molar-refractivity contribution in [2.75, 3.05) is 26.4 Å². The molecule has 0 aromatic heterocycles. The highest BCUT2D eigenvalue weighted by Gasteiger charge is 2.15. The molecule has 0 bridgehead atoms. The predicted molar refractivity (Wildman–Crippen MR) is 47.6 cm³/mol. The Labute approximate surface area is 82.4 Å². The summed E-state index contributed by atoms with van der Waals surface area (Å²) in [6, 6.07) is 0. The van der Waals surface area contributed by atoms with Gasteiger partial charge in [0, 0.05) is 6.42 Å². The Morgan fingerprint density at radius 1 is 0.857 bits per heavy atom. The number of rotatable bonds is 8. The standard InChI is InChI=1S/C8H18O6/c9-2-6(12)1-8(4-11)14-5-7(13)3-10/h6-13H,1-5H2. The van der Waals surface area contributed by atoms with Crippen LogP contribution in [0.4, 0.5) is 0 Å². The van der Waals surface area contributed by atoms with Crippen molar-refractivity contribution < 1.29 is 30.3 Å². The van der Waals surface area contributed by atoms with Gasteiger partial charge in [-0.25, -0.2) is 0 Å². The largest absolute Gasteiger partial charge is 0.394 e. The van der Waals surface area contributed by atoms with Crippen LogP contribution in [0.2, 0.25) is 0 Å². The molecule has 0 aliphatic heterocycles. The minimum atomic E-state index is -0.990. The second-order valence-corrected chi connectivity index (χ2v) is 3.05. The van der Waals surface area contributed by atoms with E-state index < -0.39 is 31.5 Å². The molecule has 0 rings (SSSR count). The first kappa shape index (κ1) is 13.8. The molecular formula is C8H18O6. The third-order valence-corrected chi connectivity index (χ3v) is 1.68. The molecule has 0 heterocycles. The van der Waals surface area contributed by atoms with Gasteiger partial charge in [-0.2, -0.15) is 0 Å². The first-order chi connectivity index (χ1) is 6.63. The van der Waals surface area contributed by atoms with Crippen LogP contribution in [0, 0.1) is 0 Å². The smallest absolute Gasteiger partial charge is 0.100 e. The Balaban J connectivity index is 3.68. The van der Waals surface area contributed by atoms with Crippen molar-refractivity contribution in [2.24, 2.45) is 0 Å². The van der Waals surface area contributed by atoms with Gasteiger partial charge in [0.25, 0.3) is 0 Å². The van der Waals surface area contributed by atoms with Gasteiger partial charge in [-0.3, -0.25) is 0 Å². The number of ether oxygens (including phenoxy) is 1. The van der Waals surface area contributed by atoms with Crippen LogP contribution in [0.1, 0.15) is 6.42 Å². The third kappa shape index (κ3) is 6.25. The summed E-state index contributed by atoms with van der Waals surface area (Å²) < 4.78 is 4.99. The van der Waals surface area contributed by atoms with Crippen molar-refractivity contribution in [3.05, 3.63) is 0 Å². The van der Waals surface area contributed by atoms with Crippen LogP contribution in [-0.2, 0) is 4.74 Å². The van der Waals surface area contributed by atoms with Crippen LogP contribution >= 0.6 is 0 Å². The van der Waals surface area contributed by atoms with E-state index >= 15 is 0 Å². The maximum atomic E-state index is 9.03. The lowest BCUT2D eigenvalue weighted by molar-refractivity contribution is -0.0657. The normalized spacial score (nSPS) is 17.8. The summed E-state index contributed by atoms with van der Waals surface area (Å²) in [7, 11) is 0. The Kier molecular flexibility index (Phi) is 7.96. The van der Waals surface area contributed by atoms with Crippen LogP contribution in [0.25, 0.3) is 0 Å². The fourth-order valence-electron chi connectivity index (χ4n) is 0.873. The Bertz CT molecular complexity index is 131. The van der Waals surface area contributed by atoms with Crippen molar-refractivity contribution in [2.45, 2.75) is 24.7 Å². The van der Waals surface area contributed by atoms with Crippen LogP contribution in [0.15, 0.2) is 0 Å². The highest BCUT2D eigenvalue weighted by molar-refractivity contribution is 4.64. The van der Waals surface area contributed by atoms with Gasteiger partial charge < -0.3 is 30.3 Å². The Morgan fingerprint density at radius 2 is 1.43 bits per heavy atom. The van der Waals surface area contributed by atoms with E-state index in [1.807, 2.05) is 0 Å². The minimum absolute atomic E-state index is 0.0884. The van der Waals surface area contributed by atoms with Crippen molar-refractivity contribution in [1.29, 1.82) is 0 Å². The van der Waals surface area contributed by atoms with Crippen LogP contribution in [-0.4, -0.2) is 70.3 Å². The van der Waals surface area contributed by atoms with Gasteiger partial charge in [0.15, 0.2) is 0 Å². The van der Waals surface area contributed by atoms with Crippen molar-refractivity contribution in [3.8, 4) is 0 Å². The monoisotopic (exact) mass is 210 g/mol. The fourth-order valence-corrected chi connectivity index (χ4v) is 0.873. The molecule has 6 heteroatoms. The number of hydrogen-bond acceptors (Lipinski definition) is 6. The van der Waals surface area contributed by atoms with E-state index in [1.54, 1.807) is 0 Å². The molecule has 6 nitrogen and oxygen atoms in total. The molecule has 0 aliphatic carbocycles. The second kappa shape index (κ2) is 8.10. The molecule has 0 aliphatic rings. The Morgan fingerprint density at radius 3 is 1.86 bits per heavy atom. The molecule has 86 valence electrons. The quantitative estimate of drug-likeness (QED) is 0.302. The zero-order chi connectivity index (χ0) is 11.0. The van der Waals surface area contributed by atoms with Gasteiger partial charge in [-0.1, -0.05) is 0 Å². The van der Waals surface area contributed by atoms with Gasteiger partial charge >= 0.3 is 0 Å². The molecule has 0 aromatic rings.